The number of aliphatic carboxylic acids is 1. The largest absolute Gasteiger partial charge is 0.481 e. The van der Waals surface area contributed by atoms with Gasteiger partial charge in [-0.3, -0.25) is 9.20 Å². The van der Waals surface area contributed by atoms with E-state index in [4.69, 9.17) is 5.11 Å². The number of nitroso groups, excluding NO2 is 1. The minimum Gasteiger partial charge on any atom is -0.481 e. The lowest BCUT2D eigenvalue weighted by atomic mass is 10.2. The molecule has 0 aromatic carbocycles. The summed E-state index contributed by atoms with van der Waals surface area (Å²) in [5.74, 6) is -1.76. The van der Waals surface area contributed by atoms with Crippen LogP contribution in [0.3, 0.4) is 0 Å². The first-order valence-corrected chi connectivity index (χ1v) is 4.97. The molecule has 0 aliphatic carbocycles. The predicted octanol–water partition coefficient (Wildman–Crippen LogP) is 2.38. The van der Waals surface area contributed by atoms with Crippen LogP contribution in [-0.4, -0.2) is 20.5 Å². The highest BCUT2D eigenvalue weighted by Crippen LogP contribution is 2.34. The number of fused-ring (bicyclic) bond motifs is 1. The van der Waals surface area contributed by atoms with E-state index >= 15 is 0 Å². The fraction of sp³-hybridized carbons (Fsp3) is 0.200. The van der Waals surface area contributed by atoms with Gasteiger partial charge in [-0.25, -0.2) is 4.98 Å². The zero-order valence-electron chi connectivity index (χ0n) is 9.18. The van der Waals surface area contributed by atoms with Crippen LogP contribution in [0.4, 0.5) is 19.0 Å². The fourth-order valence-corrected chi connectivity index (χ4v) is 1.68. The molecule has 0 fully saturated rings. The van der Waals surface area contributed by atoms with Gasteiger partial charge in [0.2, 0.25) is 5.82 Å². The molecule has 1 N–H and O–H groups in total. The molecular weight excluding hydrogens is 267 g/mol. The highest BCUT2D eigenvalue weighted by molar-refractivity contribution is 5.72. The average molecular weight is 273 g/mol. The summed E-state index contributed by atoms with van der Waals surface area (Å²) >= 11 is 0. The maximum Gasteiger partial charge on any atom is 0.419 e. The number of imidazole rings is 1. The summed E-state index contributed by atoms with van der Waals surface area (Å²) in [4.78, 5) is 24.8. The van der Waals surface area contributed by atoms with Gasteiger partial charge in [0.25, 0.3) is 0 Å². The zero-order chi connectivity index (χ0) is 14.2. The van der Waals surface area contributed by atoms with Gasteiger partial charge in [0, 0.05) is 6.20 Å². The van der Waals surface area contributed by atoms with E-state index in [1.54, 1.807) is 0 Å². The Morgan fingerprint density at radius 1 is 1.47 bits per heavy atom. The van der Waals surface area contributed by atoms with Crippen LogP contribution < -0.4 is 0 Å². The number of hydrogen-bond acceptors (Lipinski definition) is 4. The summed E-state index contributed by atoms with van der Waals surface area (Å²) < 4.78 is 39.1. The topological polar surface area (TPSA) is 84.0 Å². The van der Waals surface area contributed by atoms with Crippen molar-refractivity contribution in [2.45, 2.75) is 12.6 Å². The first kappa shape index (κ1) is 13.0. The Balaban J connectivity index is 2.75. The maximum absolute atomic E-state index is 12.7. The van der Waals surface area contributed by atoms with E-state index < -0.39 is 35.6 Å². The minimum absolute atomic E-state index is 0.306. The summed E-state index contributed by atoms with van der Waals surface area (Å²) in [5.41, 5.74) is -1.91. The van der Waals surface area contributed by atoms with Crippen molar-refractivity contribution >= 4 is 17.4 Å². The molecule has 0 aliphatic heterocycles. The lowest BCUT2D eigenvalue weighted by Gasteiger charge is -2.07. The molecule has 19 heavy (non-hydrogen) atoms. The SMILES string of the molecule is O=Nc1c(CC(=O)O)nc2c(C(F)(F)F)cccn12. The molecule has 0 saturated heterocycles. The highest BCUT2D eigenvalue weighted by Gasteiger charge is 2.34. The number of pyridine rings is 1. The number of aromatic nitrogens is 2. The van der Waals surface area contributed by atoms with Crippen LogP contribution in [0.5, 0.6) is 0 Å². The summed E-state index contributed by atoms with van der Waals surface area (Å²) in [6, 6.07) is 1.87. The molecule has 0 amide bonds. The van der Waals surface area contributed by atoms with Gasteiger partial charge in [-0.2, -0.15) is 13.2 Å². The van der Waals surface area contributed by atoms with Gasteiger partial charge in [0.05, 0.1) is 12.0 Å². The van der Waals surface area contributed by atoms with E-state index in [0.29, 0.717) is 0 Å². The van der Waals surface area contributed by atoms with Crippen LogP contribution in [-0.2, 0) is 17.4 Å². The van der Waals surface area contributed by atoms with Crippen molar-refractivity contribution in [1.29, 1.82) is 0 Å². The number of carboxylic acids is 1. The van der Waals surface area contributed by atoms with Crippen LogP contribution in [0.2, 0.25) is 0 Å². The normalized spacial score (nSPS) is 11.7. The Morgan fingerprint density at radius 3 is 2.68 bits per heavy atom. The maximum atomic E-state index is 12.7. The van der Waals surface area contributed by atoms with Crippen molar-refractivity contribution in [1.82, 2.24) is 9.38 Å². The molecule has 2 aromatic rings. The van der Waals surface area contributed by atoms with Crippen molar-refractivity contribution in [2.24, 2.45) is 5.18 Å². The van der Waals surface area contributed by atoms with Gasteiger partial charge in [-0.1, -0.05) is 0 Å². The summed E-state index contributed by atoms with van der Waals surface area (Å²) in [6.45, 7) is 0. The highest BCUT2D eigenvalue weighted by atomic mass is 19.4. The van der Waals surface area contributed by atoms with Crippen LogP contribution >= 0.6 is 0 Å². The van der Waals surface area contributed by atoms with Crippen molar-refractivity contribution < 1.29 is 23.1 Å². The van der Waals surface area contributed by atoms with Gasteiger partial charge < -0.3 is 5.11 Å². The Bertz CT molecular complexity index is 663. The standard InChI is InChI=1S/C10H6F3N3O3/c11-10(12,13)5-2-1-3-16-8(5)14-6(4-7(17)18)9(16)15-19/h1-3H,4H2,(H,17,18). The lowest BCUT2D eigenvalue weighted by molar-refractivity contribution is -0.137. The van der Waals surface area contributed by atoms with E-state index in [9.17, 15) is 22.9 Å². The molecule has 100 valence electrons. The van der Waals surface area contributed by atoms with Crippen molar-refractivity contribution in [2.75, 3.05) is 0 Å². The predicted molar refractivity (Wildman–Crippen MR) is 57.0 cm³/mol. The molecule has 0 saturated carbocycles. The van der Waals surface area contributed by atoms with E-state index in [1.807, 2.05) is 0 Å². The van der Waals surface area contributed by atoms with Gasteiger partial charge in [0.1, 0.15) is 5.69 Å². The number of hydrogen-bond donors (Lipinski definition) is 1. The summed E-state index contributed by atoms with van der Waals surface area (Å²) in [7, 11) is 0. The Hall–Kier alpha value is -2.45. The van der Waals surface area contributed by atoms with Gasteiger partial charge in [-0.05, 0) is 17.3 Å². The molecule has 2 heterocycles. The van der Waals surface area contributed by atoms with Crippen molar-refractivity contribution in [3.8, 4) is 0 Å². The smallest absolute Gasteiger partial charge is 0.419 e. The molecule has 9 heteroatoms. The molecule has 0 atom stereocenters. The molecule has 0 spiro atoms. The second-order valence-electron chi connectivity index (χ2n) is 3.66. The molecule has 2 aromatic heterocycles. The van der Waals surface area contributed by atoms with E-state index in [1.165, 1.54) is 6.20 Å². The van der Waals surface area contributed by atoms with Gasteiger partial charge in [-0.15, -0.1) is 4.91 Å². The molecular formula is C10H6F3N3O3. The van der Waals surface area contributed by atoms with Crippen LogP contribution in [0.25, 0.3) is 5.65 Å². The Morgan fingerprint density at radius 2 is 2.16 bits per heavy atom. The number of rotatable bonds is 3. The van der Waals surface area contributed by atoms with Crippen LogP contribution in [0.1, 0.15) is 11.3 Å². The number of halogens is 3. The van der Waals surface area contributed by atoms with Crippen LogP contribution in [0, 0.1) is 4.91 Å². The van der Waals surface area contributed by atoms with Crippen molar-refractivity contribution in [3.05, 3.63) is 34.5 Å². The second-order valence-corrected chi connectivity index (χ2v) is 3.66. The molecule has 0 bridgehead atoms. The van der Waals surface area contributed by atoms with Crippen molar-refractivity contribution in [3.63, 3.8) is 0 Å². The Kier molecular flexibility index (Phi) is 2.97. The number of nitrogens with zero attached hydrogens (tertiary/aromatic N) is 3. The zero-order valence-corrected chi connectivity index (χ0v) is 9.18. The molecule has 0 aliphatic rings. The number of carboxylic acid groups (broad SMARTS) is 1. The third-order valence-corrected chi connectivity index (χ3v) is 2.40. The molecule has 6 nitrogen and oxygen atoms in total. The molecule has 0 radical (unpaired) electrons. The van der Waals surface area contributed by atoms with E-state index in [-0.39, 0.29) is 5.69 Å². The molecule has 2 rings (SSSR count). The third kappa shape index (κ3) is 2.26. The summed E-state index contributed by atoms with van der Waals surface area (Å²) in [5, 5.41) is 11.2. The minimum atomic E-state index is -4.66. The Labute approximate surface area is 103 Å². The fourth-order valence-electron chi connectivity index (χ4n) is 1.68. The first-order valence-electron chi connectivity index (χ1n) is 4.97. The average Bonchev–Trinajstić information content (AvgIpc) is 2.63. The summed E-state index contributed by atoms with van der Waals surface area (Å²) in [6.07, 6.45) is -4.17. The monoisotopic (exact) mass is 273 g/mol. The number of carbonyl (C=O) groups is 1. The number of alkyl halides is 3. The quantitative estimate of drug-likeness (QED) is 0.870. The van der Waals surface area contributed by atoms with E-state index in [0.717, 1.165) is 16.5 Å². The first-order chi connectivity index (χ1) is 8.84. The molecule has 0 unspecified atom stereocenters. The van der Waals surface area contributed by atoms with Crippen LogP contribution in [0.15, 0.2) is 23.5 Å². The second kappa shape index (κ2) is 4.34. The van der Waals surface area contributed by atoms with E-state index in [2.05, 4.69) is 10.2 Å². The van der Waals surface area contributed by atoms with Gasteiger partial charge >= 0.3 is 12.1 Å². The van der Waals surface area contributed by atoms with Gasteiger partial charge in [0.15, 0.2) is 5.65 Å². The lowest BCUT2D eigenvalue weighted by Crippen LogP contribution is -2.07. The third-order valence-electron chi connectivity index (χ3n) is 2.40.